The molecule has 3 nitrogen and oxygen atoms in total. The van der Waals surface area contributed by atoms with Crippen molar-refractivity contribution in [2.75, 3.05) is 18.0 Å². The van der Waals surface area contributed by atoms with Crippen molar-refractivity contribution >= 4 is 22.9 Å². The molecule has 132 valence electrons. The molecule has 0 unspecified atom stereocenters. The molecule has 0 aliphatic carbocycles. The van der Waals surface area contributed by atoms with E-state index < -0.39 is 0 Å². The third kappa shape index (κ3) is 3.65. The summed E-state index contributed by atoms with van der Waals surface area (Å²) in [6.07, 6.45) is 2.29. The van der Waals surface area contributed by atoms with Gasteiger partial charge >= 0.3 is 0 Å². The van der Waals surface area contributed by atoms with E-state index in [2.05, 4.69) is 51.3 Å². The average molecular weight is 362 g/mol. The number of rotatable bonds is 5. The van der Waals surface area contributed by atoms with Crippen molar-refractivity contribution in [2.45, 2.75) is 18.9 Å². The van der Waals surface area contributed by atoms with E-state index in [9.17, 15) is 4.79 Å². The number of amides is 1. The van der Waals surface area contributed by atoms with Gasteiger partial charge in [0.25, 0.3) is 5.91 Å². The van der Waals surface area contributed by atoms with Gasteiger partial charge in [0.05, 0.1) is 0 Å². The minimum absolute atomic E-state index is 0.00165. The number of thiophene rings is 1. The predicted octanol–water partition coefficient (Wildman–Crippen LogP) is 4.81. The molecular formula is C22H22N2OS. The maximum atomic E-state index is 12.5. The first-order valence-corrected chi connectivity index (χ1v) is 9.98. The summed E-state index contributed by atoms with van der Waals surface area (Å²) >= 11 is 1.68. The molecule has 1 saturated heterocycles. The SMILES string of the molecule is O=C(NC[C@@H]1CCCN1c1ccccc1)c1ccc(-c2ccsc2)cc1. The van der Waals surface area contributed by atoms with E-state index in [0.717, 1.165) is 18.5 Å². The molecule has 3 aromatic rings. The van der Waals surface area contributed by atoms with Crippen LogP contribution in [0.4, 0.5) is 5.69 Å². The molecule has 1 aliphatic heterocycles. The number of carbonyl (C=O) groups excluding carboxylic acids is 1. The van der Waals surface area contributed by atoms with Crippen LogP contribution in [-0.2, 0) is 0 Å². The van der Waals surface area contributed by atoms with Crippen LogP contribution in [0.5, 0.6) is 0 Å². The van der Waals surface area contributed by atoms with Gasteiger partial charge in [-0.15, -0.1) is 0 Å². The quantitative estimate of drug-likeness (QED) is 0.706. The first-order chi connectivity index (χ1) is 12.8. The maximum absolute atomic E-state index is 12.5. The van der Waals surface area contributed by atoms with Crippen molar-refractivity contribution in [3.8, 4) is 11.1 Å². The molecule has 0 radical (unpaired) electrons. The van der Waals surface area contributed by atoms with E-state index in [4.69, 9.17) is 0 Å². The lowest BCUT2D eigenvalue weighted by Crippen LogP contribution is -2.40. The molecule has 2 heterocycles. The second-order valence-electron chi connectivity index (χ2n) is 6.62. The summed E-state index contributed by atoms with van der Waals surface area (Å²) in [4.78, 5) is 14.9. The van der Waals surface area contributed by atoms with Gasteiger partial charge < -0.3 is 10.2 Å². The lowest BCUT2D eigenvalue weighted by atomic mass is 10.1. The largest absolute Gasteiger partial charge is 0.367 e. The van der Waals surface area contributed by atoms with Crippen LogP contribution in [-0.4, -0.2) is 25.0 Å². The zero-order chi connectivity index (χ0) is 17.8. The van der Waals surface area contributed by atoms with Crippen LogP contribution < -0.4 is 10.2 Å². The van der Waals surface area contributed by atoms with Gasteiger partial charge in [0, 0.05) is 30.4 Å². The molecule has 1 aromatic heterocycles. The van der Waals surface area contributed by atoms with Crippen LogP contribution in [0.15, 0.2) is 71.4 Å². The van der Waals surface area contributed by atoms with Gasteiger partial charge in [-0.25, -0.2) is 0 Å². The van der Waals surface area contributed by atoms with Gasteiger partial charge in [-0.3, -0.25) is 4.79 Å². The second-order valence-corrected chi connectivity index (χ2v) is 7.40. The summed E-state index contributed by atoms with van der Waals surface area (Å²) in [5, 5.41) is 7.30. The summed E-state index contributed by atoms with van der Waals surface area (Å²) in [5.41, 5.74) is 4.30. The number of hydrogen-bond donors (Lipinski definition) is 1. The Bertz CT molecular complexity index is 844. The van der Waals surface area contributed by atoms with Crippen molar-refractivity contribution in [1.82, 2.24) is 5.32 Å². The highest BCUT2D eigenvalue weighted by Crippen LogP contribution is 2.25. The Labute approximate surface area is 158 Å². The fourth-order valence-electron chi connectivity index (χ4n) is 3.56. The van der Waals surface area contributed by atoms with E-state index in [0.29, 0.717) is 18.2 Å². The first kappa shape index (κ1) is 16.9. The molecule has 0 spiro atoms. The molecule has 2 aromatic carbocycles. The highest BCUT2D eigenvalue weighted by atomic mass is 32.1. The van der Waals surface area contributed by atoms with Crippen LogP contribution in [0.3, 0.4) is 0 Å². The number of hydrogen-bond acceptors (Lipinski definition) is 3. The molecule has 4 rings (SSSR count). The summed E-state index contributed by atoms with van der Waals surface area (Å²) in [6.45, 7) is 1.74. The molecule has 1 aliphatic rings. The average Bonchev–Trinajstić information content (AvgIpc) is 3.39. The van der Waals surface area contributed by atoms with E-state index in [-0.39, 0.29) is 5.91 Å². The Kier molecular flexibility index (Phi) is 5.02. The molecule has 0 saturated carbocycles. The topological polar surface area (TPSA) is 32.3 Å². The van der Waals surface area contributed by atoms with Crippen LogP contribution >= 0.6 is 11.3 Å². The van der Waals surface area contributed by atoms with Crippen LogP contribution in [0.1, 0.15) is 23.2 Å². The van der Waals surface area contributed by atoms with E-state index >= 15 is 0 Å². The molecule has 4 heteroatoms. The zero-order valence-electron chi connectivity index (χ0n) is 14.6. The van der Waals surface area contributed by atoms with Crippen LogP contribution in [0, 0.1) is 0 Å². The van der Waals surface area contributed by atoms with E-state index in [1.165, 1.54) is 17.7 Å². The lowest BCUT2D eigenvalue weighted by Gasteiger charge is -2.27. The summed E-state index contributed by atoms with van der Waals surface area (Å²) in [6, 6.07) is 20.8. The fraction of sp³-hybridized carbons (Fsp3) is 0.227. The number of benzene rings is 2. The Morgan fingerprint density at radius 3 is 2.58 bits per heavy atom. The van der Waals surface area contributed by atoms with Gasteiger partial charge in [0.1, 0.15) is 0 Å². The Morgan fingerprint density at radius 1 is 1.04 bits per heavy atom. The number of nitrogens with one attached hydrogen (secondary N) is 1. The first-order valence-electron chi connectivity index (χ1n) is 9.04. The highest BCUT2D eigenvalue weighted by Gasteiger charge is 2.25. The van der Waals surface area contributed by atoms with Crippen LogP contribution in [0.25, 0.3) is 11.1 Å². The number of carbonyl (C=O) groups is 1. The molecule has 1 amide bonds. The minimum atomic E-state index is 0.00165. The maximum Gasteiger partial charge on any atom is 0.251 e. The highest BCUT2D eigenvalue weighted by molar-refractivity contribution is 7.08. The summed E-state index contributed by atoms with van der Waals surface area (Å²) in [7, 11) is 0. The molecule has 1 atom stereocenters. The van der Waals surface area contributed by atoms with Crippen LogP contribution in [0.2, 0.25) is 0 Å². The van der Waals surface area contributed by atoms with Crippen molar-refractivity contribution in [2.24, 2.45) is 0 Å². The van der Waals surface area contributed by atoms with Gasteiger partial charge in [0.2, 0.25) is 0 Å². The van der Waals surface area contributed by atoms with E-state index in [1.807, 2.05) is 30.3 Å². The molecule has 0 bridgehead atoms. The Balaban J connectivity index is 1.37. The minimum Gasteiger partial charge on any atom is -0.367 e. The number of anilines is 1. The number of para-hydroxylation sites is 1. The fourth-order valence-corrected chi connectivity index (χ4v) is 4.23. The van der Waals surface area contributed by atoms with Gasteiger partial charge in [0.15, 0.2) is 0 Å². The predicted molar refractivity (Wildman–Crippen MR) is 109 cm³/mol. The monoisotopic (exact) mass is 362 g/mol. The van der Waals surface area contributed by atoms with Crippen molar-refractivity contribution < 1.29 is 4.79 Å². The van der Waals surface area contributed by atoms with Crippen molar-refractivity contribution in [3.05, 3.63) is 77.0 Å². The second kappa shape index (κ2) is 7.75. The molecular weight excluding hydrogens is 340 g/mol. The molecule has 1 fully saturated rings. The normalized spacial score (nSPS) is 16.6. The zero-order valence-corrected chi connectivity index (χ0v) is 15.4. The van der Waals surface area contributed by atoms with E-state index in [1.54, 1.807) is 11.3 Å². The third-order valence-electron chi connectivity index (χ3n) is 4.96. The molecule has 1 N–H and O–H groups in total. The van der Waals surface area contributed by atoms with Crippen molar-refractivity contribution in [3.63, 3.8) is 0 Å². The molecule has 26 heavy (non-hydrogen) atoms. The van der Waals surface area contributed by atoms with Gasteiger partial charge in [-0.2, -0.15) is 11.3 Å². The van der Waals surface area contributed by atoms with Crippen molar-refractivity contribution in [1.29, 1.82) is 0 Å². The standard InChI is InChI=1S/C22H22N2OS/c25-22(18-10-8-17(9-11-18)19-12-14-26-16-19)23-15-21-7-4-13-24(21)20-5-2-1-3-6-20/h1-3,5-6,8-12,14,16,21H,4,7,13,15H2,(H,23,25)/t21-/m0/s1. The number of nitrogens with zero attached hydrogens (tertiary/aromatic N) is 1. The van der Waals surface area contributed by atoms with Gasteiger partial charge in [-0.05, 0) is 65.1 Å². The lowest BCUT2D eigenvalue weighted by molar-refractivity contribution is 0.0951. The summed E-state index contributed by atoms with van der Waals surface area (Å²) in [5.74, 6) is 0.00165. The third-order valence-corrected chi connectivity index (χ3v) is 5.65. The smallest absolute Gasteiger partial charge is 0.251 e. The van der Waals surface area contributed by atoms with Gasteiger partial charge in [-0.1, -0.05) is 30.3 Å². The Hall–Kier alpha value is -2.59. The summed E-state index contributed by atoms with van der Waals surface area (Å²) < 4.78 is 0. The Morgan fingerprint density at radius 2 is 1.85 bits per heavy atom.